The Morgan fingerprint density at radius 3 is 2.03 bits per heavy atom. The number of rotatable bonds is 6. The summed E-state index contributed by atoms with van der Waals surface area (Å²) in [5.41, 5.74) is 2.01. The second kappa shape index (κ2) is 8.55. The van der Waals surface area contributed by atoms with Crippen molar-refractivity contribution in [2.24, 2.45) is 0 Å². The molecule has 0 radical (unpaired) electrons. The highest BCUT2D eigenvalue weighted by Crippen LogP contribution is 2.24. The molecule has 0 spiro atoms. The highest BCUT2D eigenvalue weighted by atomic mass is 32.2. The first kappa shape index (κ1) is 21.9. The monoisotopic (exact) mass is 440 g/mol. The molecule has 1 N–H and O–H groups in total. The number of aromatic nitrogens is 2. The summed E-state index contributed by atoms with van der Waals surface area (Å²) in [6.45, 7) is 6.18. The number of hydrogen-bond acceptors (Lipinski definition) is 5. The number of aromatic amines is 1. The van der Waals surface area contributed by atoms with E-state index in [9.17, 15) is 16.8 Å². The molecule has 0 unspecified atom stereocenters. The summed E-state index contributed by atoms with van der Waals surface area (Å²) in [5, 5.41) is 6.68. The summed E-state index contributed by atoms with van der Waals surface area (Å²) in [4.78, 5) is 0.426. The number of nitrogens with one attached hydrogen (secondary N) is 1. The molecule has 29 heavy (non-hydrogen) atoms. The number of H-pyrrole nitrogens is 1. The summed E-state index contributed by atoms with van der Waals surface area (Å²) in [5.74, 6) is 0. The van der Waals surface area contributed by atoms with Crippen LogP contribution in [0.2, 0.25) is 0 Å². The van der Waals surface area contributed by atoms with E-state index in [1.165, 1.54) is 8.61 Å². The Morgan fingerprint density at radius 2 is 1.52 bits per heavy atom. The maximum Gasteiger partial charge on any atom is 0.246 e. The van der Waals surface area contributed by atoms with Crippen LogP contribution in [0, 0.1) is 13.8 Å². The van der Waals surface area contributed by atoms with Crippen LogP contribution < -0.4 is 0 Å². The van der Waals surface area contributed by atoms with Crippen LogP contribution in [0.15, 0.2) is 34.1 Å². The molecule has 1 aromatic heterocycles. The summed E-state index contributed by atoms with van der Waals surface area (Å²) in [7, 11) is -7.39. The van der Waals surface area contributed by atoms with E-state index in [0.29, 0.717) is 17.8 Å². The normalized spacial score (nSPS) is 17.3. The lowest BCUT2D eigenvalue weighted by molar-refractivity contribution is 0.404. The van der Waals surface area contributed by atoms with Gasteiger partial charge in [-0.2, -0.15) is 13.7 Å². The Kier molecular flexibility index (Phi) is 6.47. The number of aryl methyl sites for hydroxylation is 3. The fourth-order valence-electron chi connectivity index (χ4n) is 3.67. The van der Waals surface area contributed by atoms with Crippen LogP contribution in [0.1, 0.15) is 36.7 Å². The first-order valence-electron chi connectivity index (χ1n) is 9.78. The number of hydrogen-bond donors (Lipinski definition) is 1. The summed E-state index contributed by atoms with van der Waals surface area (Å²) >= 11 is 0. The van der Waals surface area contributed by atoms with Crippen LogP contribution in [-0.4, -0.2) is 61.8 Å². The van der Waals surface area contributed by atoms with Gasteiger partial charge in [-0.3, -0.25) is 5.10 Å². The SMILES string of the molecule is CCCc1ccc(S(=O)(=O)N2CCCN(S(=O)(=O)c3c(C)n[nH]c3C)CC2)cc1. The van der Waals surface area contributed by atoms with Crippen LogP contribution in [0.25, 0.3) is 0 Å². The van der Waals surface area contributed by atoms with Crippen molar-refractivity contribution in [1.29, 1.82) is 0 Å². The lowest BCUT2D eigenvalue weighted by Gasteiger charge is -2.22. The molecule has 1 aliphatic heterocycles. The first-order chi connectivity index (χ1) is 13.7. The van der Waals surface area contributed by atoms with E-state index in [1.54, 1.807) is 26.0 Å². The van der Waals surface area contributed by atoms with E-state index in [0.717, 1.165) is 18.4 Å². The fraction of sp³-hybridized carbons (Fsp3) is 0.526. The van der Waals surface area contributed by atoms with Gasteiger partial charge in [0.2, 0.25) is 20.0 Å². The number of nitrogens with zero attached hydrogens (tertiary/aromatic N) is 3. The Morgan fingerprint density at radius 1 is 0.931 bits per heavy atom. The van der Waals surface area contributed by atoms with E-state index in [-0.39, 0.29) is 36.0 Å². The molecule has 2 aromatic rings. The second-order valence-corrected chi connectivity index (χ2v) is 11.1. The van der Waals surface area contributed by atoms with Crippen LogP contribution in [0.5, 0.6) is 0 Å². The zero-order chi connectivity index (χ0) is 21.2. The van der Waals surface area contributed by atoms with Crippen molar-refractivity contribution >= 4 is 20.0 Å². The molecule has 3 rings (SSSR count). The van der Waals surface area contributed by atoms with E-state index in [2.05, 4.69) is 17.1 Å². The average Bonchev–Trinajstić information content (AvgIpc) is 2.87. The van der Waals surface area contributed by atoms with Gasteiger partial charge >= 0.3 is 0 Å². The highest BCUT2D eigenvalue weighted by Gasteiger charge is 2.34. The predicted octanol–water partition coefficient (Wildman–Crippen LogP) is 2.06. The van der Waals surface area contributed by atoms with Gasteiger partial charge in [-0.05, 0) is 44.4 Å². The smallest absolute Gasteiger partial charge is 0.246 e. The molecule has 8 nitrogen and oxygen atoms in total. The van der Waals surface area contributed by atoms with Crippen molar-refractivity contribution in [2.45, 2.75) is 49.8 Å². The zero-order valence-electron chi connectivity index (χ0n) is 17.1. The molecule has 0 amide bonds. The maximum atomic E-state index is 13.1. The molecule has 2 heterocycles. The maximum absolute atomic E-state index is 13.1. The van der Waals surface area contributed by atoms with Crippen molar-refractivity contribution in [3.05, 3.63) is 41.2 Å². The summed E-state index contributed by atoms with van der Waals surface area (Å²) < 4.78 is 55.0. The van der Waals surface area contributed by atoms with E-state index >= 15 is 0 Å². The van der Waals surface area contributed by atoms with Gasteiger partial charge in [-0.25, -0.2) is 16.8 Å². The molecule has 0 aliphatic carbocycles. The minimum absolute atomic E-state index is 0.111. The Labute approximate surface area is 173 Å². The third-order valence-corrected chi connectivity index (χ3v) is 9.25. The van der Waals surface area contributed by atoms with E-state index < -0.39 is 20.0 Å². The van der Waals surface area contributed by atoms with Crippen molar-refractivity contribution in [3.8, 4) is 0 Å². The van der Waals surface area contributed by atoms with Gasteiger partial charge in [0.05, 0.1) is 16.3 Å². The van der Waals surface area contributed by atoms with E-state index in [4.69, 9.17) is 0 Å². The first-order valence-corrected chi connectivity index (χ1v) is 12.7. The standard InChI is InChI=1S/C19H28N4O4S2/c1-4-6-17-7-9-18(10-8-17)28(24,25)22-11-5-12-23(14-13-22)29(26,27)19-15(2)20-21-16(19)3/h7-10H,4-6,11-14H2,1-3H3,(H,20,21). The Balaban J connectivity index is 1.78. The predicted molar refractivity (Wildman–Crippen MR) is 111 cm³/mol. The summed E-state index contributed by atoms with van der Waals surface area (Å²) in [6, 6.07) is 6.96. The summed E-state index contributed by atoms with van der Waals surface area (Å²) in [6.07, 6.45) is 2.34. The Bertz CT molecular complexity index is 1040. The average molecular weight is 441 g/mol. The van der Waals surface area contributed by atoms with Gasteiger partial charge in [0.1, 0.15) is 4.90 Å². The molecule has 0 saturated carbocycles. The van der Waals surface area contributed by atoms with Crippen LogP contribution >= 0.6 is 0 Å². The van der Waals surface area contributed by atoms with Crippen molar-refractivity contribution < 1.29 is 16.8 Å². The van der Waals surface area contributed by atoms with Gasteiger partial charge in [-0.1, -0.05) is 25.5 Å². The van der Waals surface area contributed by atoms with Crippen LogP contribution in [0.3, 0.4) is 0 Å². The molecule has 1 aromatic carbocycles. The second-order valence-electron chi connectivity index (χ2n) is 7.32. The third-order valence-electron chi connectivity index (χ3n) is 5.17. The molecule has 1 fully saturated rings. The number of sulfonamides is 2. The fourth-order valence-corrected chi connectivity index (χ4v) is 6.94. The molecular formula is C19H28N4O4S2. The molecule has 0 bridgehead atoms. The molecule has 1 aliphatic rings. The lowest BCUT2D eigenvalue weighted by Crippen LogP contribution is -2.37. The minimum atomic E-state index is -3.73. The van der Waals surface area contributed by atoms with Crippen LogP contribution in [0.4, 0.5) is 0 Å². The highest BCUT2D eigenvalue weighted by molar-refractivity contribution is 7.89. The minimum Gasteiger partial charge on any atom is -0.281 e. The molecule has 0 atom stereocenters. The van der Waals surface area contributed by atoms with Gasteiger partial charge < -0.3 is 0 Å². The third kappa shape index (κ3) is 4.40. The van der Waals surface area contributed by atoms with Crippen molar-refractivity contribution in [3.63, 3.8) is 0 Å². The Hall–Kier alpha value is -1.75. The van der Waals surface area contributed by atoms with Gasteiger partial charge in [-0.15, -0.1) is 0 Å². The number of benzene rings is 1. The van der Waals surface area contributed by atoms with Gasteiger partial charge in [0.15, 0.2) is 0 Å². The van der Waals surface area contributed by atoms with Gasteiger partial charge in [0.25, 0.3) is 0 Å². The van der Waals surface area contributed by atoms with E-state index in [1.807, 2.05) is 12.1 Å². The van der Waals surface area contributed by atoms with Gasteiger partial charge in [0, 0.05) is 26.2 Å². The van der Waals surface area contributed by atoms with Crippen molar-refractivity contribution in [1.82, 2.24) is 18.8 Å². The largest absolute Gasteiger partial charge is 0.281 e. The molecule has 160 valence electrons. The topological polar surface area (TPSA) is 103 Å². The van der Waals surface area contributed by atoms with Crippen LogP contribution in [-0.2, 0) is 26.5 Å². The lowest BCUT2D eigenvalue weighted by atomic mass is 10.1. The molecule has 10 heteroatoms. The molecular weight excluding hydrogens is 412 g/mol. The molecule has 1 saturated heterocycles. The quantitative estimate of drug-likeness (QED) is 0.741. The van der Waals surface area contributed by atoms with Crippen molar-refractivity contribution in [2.75, 3.05) is 26.2 Å². The zero-order valence-corrected chi connectivity index (χ0v) is 18.7.